The standard InChI is InChI=1S/C22H33FN6O4/c1-12(2)20(24)22(31)33-11-29-19(9-17(27-29)14-6-13(3)16(23)7-14)25-21(30)18-8-15(10-32-5)26-28(18)4/h8-9,12-14,16,20H,6-7,10-11,24H2,1-5H3,(H,25,30)/t13-,14+,16+,20+/m1/s1. The number of hydrogen-bond acceptors (Lipinski definition) is 7. The van der Waals surface area contributed by atoms with Crippen molar-refractivity contribution in [3.63, 3.8) is 0 Å². The maximum Gasteiger partial charge on any atom is 0.324 e. The SMILES string of the molecule is COCc1cc(C(=O)Nc2cc([C@H]3C[C@@H](C)[C@@H](F)C3)nn2COC(=O)[C@@H](N)C(C)C)n(C)n1. The van der Waals surface area contributed by atoms with Crippen LogP contribution in [0.1, 0.15) is 61.4 Å². The first kappa shape index (κ1) is 24.8. The Hall–Kier alpha value is -2.79. The molecule has 1 aliphatic rings. The number of methoxy groups -OCH3 is 1. The summed E-state index contributed by atoms with van der Waals surface area (Å²) in [7, 11) is 3.21. The molecule has 2 aromatic rings. The minimum Gasteiger partial charge on any atom is -0.441 e. The van der Waals surface area contributed by atoms with E-state index in [2.05, 4.69) is 15.5 Å². The fourth-order valence-electron chi connectivity index (χ4n) is 3.90. The molecule has 0 aliphatic heterocycles. The van der Waals surface area contributed by atoms with Crippen molar-refractivity contribution in [1.29, 1.82) is 0 Å². The summed E-state index contributed by atoms with van der Waals surface area (Å²) in [6.45, 7) is 5.57. The van der Waals surface area contributed by atoms with Crippen molar-refractivity contribution < 1.29 is 23.5 Å². The van der Waals surface area contributed by atoms with Crippen LogP contribution in [0.2, 0.25) is 0 Å². The molecule has 0 radical (unpaired) electrons. The van der Waals surface area contributed by atoms with Crippen molar-refractivity contribution in [2.75, 3.05) is 12.4 Å². The fourth-order valence-corrected chi connectivity index (χ4v) is 3.90. The van der Waals surface area contributed by atoms with E-state index in [1.165, 1.54) is 9.36 Å². The molecule has 182 valence electrons. The quantitative estimate of drug-likeness (QED) is 0.546. The van der Waals surface area contributed by atoms with E-state index in [1.54, 1.807) is 26.3 Å². The summed E-state index contributed by atoms with van der Waals surface area (Å²) in [5, 5.41) is 11.6. The number of alkyl halides is 1. The van der Waals surface area contributed by atoms with Crippen molar-refractivity contribution in [3.05, 3.63) is 29.2 Å². The number of hydrogen-bond donors (Lipinski definition) is 2. The number of amides is 1. The van der Waals surface area contributed by atoms with Gasteiger partial charge in [-0.05, 0) is 30.7 Å². The van der Waals surface area contributed by atoms with E-state index >= 15 is 0 Å². The molecule has 2 heterocycles. The van der Waals surface area contributed by atoms with Crippen LogP contribution in [0.5, 0.6) is 0 Å². The first-order valence-corrected chi connectivity index (χ1v) is 11.1. The summed E-state index contributed by atoms with van der Waals surface area (Å²) in [4.78, 5) is 25.2. The van der Waals surface area contributed by atoms with Crippen molar-refractivity contribution in [1.82, 2.24) is 19.6 Å². The van der Waals surface area contributed by atoms with Crippen LogP contribution in [0.25, 0.3) is 0 Å². The van der Waals surface area contributed by atoms with Crippen molar-refractivity contribution in [3.8, 4) is 0 Å². The minimum atomic E-state index is -0.895. The third-order valence-corrected chi connectivity index (χ3v) is 6.02. The number of esters is 1. The number of rotatable bonds is 9. The van der Waals surface area contributed by atoms with Gasteiger partial charge in [-0.15, -0.1) is 0 Å². The lowest BCUT2D eigenvalue weighted by atomic mass is 10.0. The van der Waals surface area contributed by atoms with Crippen molar-refractivity contribution in [2.24, 2.45) is 24.6 Å². The summed E-state index contributed by atoms with van der Waals surface area (Å²) >= 11 is 0. The van der Waals surface area contributed by atoms with Crippen LogP contribution >= 0.6 is 0 Å². The second kappa shape index (κ2) is 10.4. The molecule has 33 heavy (non-hydrogen) atoms. The van der Waals surface area contributed by atoms with Crippen LogP contribution in [0.15, 0.2) is 12.1 Å². The van der Waals surface area contributed by atoms with Gasteiger partial charge in [-0.2, -0.15) is 10.2 Å². The number of aryl methyl sites for hydroxylation is 1. The predicted molar refractivity (Wildman–Crippen MR) is 119 cm³/mol. The Balaban J connectivity index is 1.82. The Bertz CT molecular complexity index is 978. The Morgan fingerprint density at radius 3 is 2.64 bits per heavy atom. The van der Waals surface area contributed by atoms with E-state index < -0.39 is 24.1 Å². The molecule has 1 fully saturated rings. The van der Waals surface area contributed by atoms with E-state index in [9.17, 15) is 14.0 Å². The molecule has 2 aromatic heterocycles. The highest BCUT2D eigenvalue weighted by atomic mass is 19.1. The van der Waals surface area contributed by atoms with Crippen LogP contribution in [0, 0.1) is 11.8 Å². The van der Waals surface area contributed by atoms with E-state index in [-0.39, 0.29) is 31.1 Å². The van der Waals surface area contributed by atoms with Gasteiger partial charge in [0.1, 0.15) is 23.7 Å². The van der Waals surface area contributed by atoms with E-state index in [0.29, 0.717) is 35.7 Å². The molecule has 3 rings (SSSR count). The predicted octanol–water partition coefficient (Wildman–Crippen LogP) is 2.35. The third-order valence-electron chi connectivity index (χ3n) is 6.02. The highest BCUT2D eigenvalue weighted by Crippen LogP contribution is 2.40. The second-order valence-electron chi connectivity index (χ2n) is 9.01. The third kappa shape index (κ3) is 5.77. The highest BCUT2D eigenvalue weighted by molar-refractivity contribution is 6.02. The molecule has 1 aliphatic carbocycles. The van der Waals surface area contributed by atoms with Crippen molar-refractivity contribution in [2.45, 2.75) is 65.1 Å². The Morgan fingerprint density at radius 2 is 2.03 bits per heavy atom. The molecule has 0 spiro atoms. The number of nitrogens with one attached hydrogen (secondary N) is 1. The van der Waals surface area contributed by atoms with Gasteiger partial charge in [0, 0.05) is 26.1 Å². The van der Waals surface area contributed by atoms with Crippen molar-refractivity contribution >= 4 is 17.7 Å². The molecule has 0 bridgehead atoms. The van der Waals surface area contributed by atoms with Gasteiger partial charge in [0.05, 0.1) is 18.0 Å². The number of ether oxygens (including phenoxy) is 2. The number of carbonyl (C=O) groups is 2. The number of nitrogens with zero attached hydrogens (tertiary/aromatic N) is 4. The van der Waals surface area contributed by atoms with Gasteiger partial charge in [0.2, 0.25) is 0 Å². The molecule has 1 amide bonds. The molecule has 11 heteroatoms. The van der Waals surface area contributed by atoms with Gasteiger partial charge in [-0.1, -0.05) is 20.8 Å². The lowest BCUT2D eigenvalue weighted by molar-refractivity contribution is -0.150. The normalized spacial score (nSPS) is 21.4. The van der Waals surface area contributed by atoms with Crippen LogP contribution in [-0.2, 0) is 34.7 Å². The Labute approximate surface area is 192 Å². The fraction of sp³-hybridized carbons (Fsp3) is 0.636. The molecule has 3 N–H and O–H groups in total. The van der Waals surface area contributed by atoms with Crippen LogP contribution in [-0.4, -0.2) is 50.8 Å². The molecule has 1 saturated carbocycles. The van der Waals surface area contributed by atoms with Crippen LogP contribution in [0.3, 0.4) is 0 Å². The molecular formula is C22H33FN6O4. The summed E-state index contributed by atoms with van der Waals surface area (Å²) in [6.07, 6.45) is 0.130. The molecule has 4 atom stereocenters. The van der Waals surface area contributed by atoms with E-state index in [1.807, 2.05) is 20.8 Å². The van der Waals surface area contributed by atoms with Gasteiger partial charge < -0.3 is 20.5 Å². The largest absolute Gasteiger partial charge is 0.441 e. The molecule has 0 unspecified atom stereocenters. The summed E-state index contributed by atoms with van der Waals surface area (Å²) < 4.78 is 27.4. The lowest BCUT2D eigenvalue weighted by Crippen LogP contribution is -2.37. The number of aromatic nitrogens is 4. The first-order valence-electron chi connectivity index (χ1n) is 11.1. The monoisotopic (exact) mass is 464 g/mol. The zero-order valence-electron chi connectivity index (χ0n) is 19.7. The topological polar surface area (TPSA) is 126 Å². The van der Waals surface area contributed by atoms with Gasteiger partial charge in [0.15, 0.2) is 6.73 Å². The van der Waals surface area contributed by atoms with Gasteiger partial charge in [0.25, 0.3) is 5.91 Å². The average Bonchev–Trinajstić information content (AvgIpc) is 3.43. The molecular weight excluding hydrogens is 431 g/mol. The maximum absolute atomic E-state index is 14.1. The Morgan fingerprint density at radius 1 is 1.30 bits per heavy atom. The zero-order valence-corrected chi connectivity index (χ0v) is 19.7. The number of halogens is 1. The maximum atomic E-state index is 14.1. The molecule has 10 nitrogen and oxygen atoms in total. The first-order chi connectivity index (χ1) is 15.6. The smallest absolute Gasteiger partial charge is 0.324 e. The number of anilines is 1. The van der Waals surface area contributed by atoms with Gasteiger partial charge >= 0.3 is 5.97 Å². The number of carbonyl (C=O) groups excluding carboxylic acids is 2. The van der Waals surface area contributed by atoms with Crippen LogP contribution in [0.4, 0.5) is 10.2 Å². The lowest BCUT2D eigenvalue weighted by Gasteiger charge is -2.15. The molecule has 0 aromatic carbocycles. The zero-order chi connectivity index (χ0) is 24.3. The summed E-state index contributed by atoms with van der Waals surface area (Å²) in [5.74, 6) is -0.857. The van der Waals surface area contributed by atoms with Gasteiger partial charge in [-0.25, -0.2) is 9.07 Å². The molecule has 0 saturated heterocycles. The Kier molecular flexibility index (Phi) is 7.85. The number of nitrogens with two attached hydrogens (primary N) is 1. The average molecular weight is 465 g/mol. The highest BCUT2D eigenvalue weighted by Gasteiger charge is 2.34. The minimum absolute atomic E-state index is 0.0614. The van der Waals surface area contributed by atoms with Crippen LogP contribution < -0.4 is 11.1 Å². The van der Waals surface area contributed by atoms with E-state index in [0.717, 1.165) is 0 Å². The van der Waals surface area contributed by atoms with Gasteiger partial charge in [-0.3, -0.25) is 14.3 Å². The summed E-state index contributed by atoms with van der Waals surface area (Å²) in [6, 6.07) is 2.57. The second-order valence-corrected chi connectivity index (χ2v) is 9.01. The van der Waals surface area contributed by atoms with E-state index in [4.69, 9.17) is 15.2 Å². The summed E-state index contributed by atoms with van der Waals surface area (Å²) in [5.41, 5.74) is 7.45.